The van der Waals surface area contributed by atoms with Crippen LogP contribution < -0.4 is 0 Å². The molecule has 2 nitrogen and oxygen atoms in total. The summed E-state index contributed by atoms with van der Waals surface area (Å²) in [5.74, 6) is 0. The zero-order chi connectivity index (χ0) is 9.36. The van der Waals surface area contributed by atoms with Crippen molar-refractivity contribution in [2.75, 3.05) is 0 Å². The van der Waals surface area contributed by atoms with E-state index in [1.165, 1.54) is 0 Å². The predicted octanol–water partition coefficient (Wildman–Crippen LogP) is 2.98. The third kappa shape index (κ3) is 8.91. The Balaban J connectivity index is 0. The van der Waals surface area contributed by atoms with Crippen LogP contribution in [0.15, 0.2) is 55.0 Å². The van der Waals surface area contributed by atoms with Crippen molar-refractivity contribution in [1.29, 1.82) is 0 Å². The van der Waals surface area contributed by atoms with E-state index in [2.05, 4.69) is 9.97 Å². The van der Waals surface area contributed by atoms with Crippen LogP contribution in [0.2, 0.25) is 5.15 Å². The summed E-state index contributed by atoms with van der Waals surface area (Å²) in [6, 6.07) is 11.1. The van der Waals surface area contributed by atoms with Crippen molar-refractivity contribution in [3.8, 4) is 0 Å². The summed E-state index contributed by atoms with van der Waals surface area (Å²) in [5.41, 5.74) is 0. The molecule has 0 N–H and O–H groups in total. The Kier molecular flexibility index (Phi) is 11.4. The lowest BCUT2D eigenvalue weighted by Gasteiger charge is -1.79. The van der Waals surface area contributed by atoms with Crippen LogP contribution in [-0.4, -0.2) is 9.97 Å². The number of pyridine rings is 2. The van der Waals surface area contributed by atoms with E-state index in [9.17, 15) is 0 Å². The molecule has 74 valence electrons. The molecule has 0 aliphatic heterocycles. The molecule has 0 bridgehead atoms. The highest BCUT2D eigenvalue weighted by molar-refractivity contribution is 6.29. The molecule has 15 heavy (non-hydrogen) atoms. The zero-order valence-electron chi connectivity index (χ0n) is 7.97. The van der Waals surface area contributed by atoms with E-state index in [0.29, 0.717) is 5.15 Å². The molecule has 0 atom stereocenters. The van der Waals surface area contributed by atoms with Crippen LogP contribution in [-0.2, 0) is 0 Å². The first kappa shape index (κ1) is 16.0. The molecule has 0 aromatic carbocycles. The Hall–Kier alpha value is -1.41. The first-order valence-corrected chi connectivity index (χ1v) is 4.19. The van der Waals surface area contributed by atoms with Gasteiger partial charge in [0, 0.05) is 33.4 Å². The highest BCUT2D eigenvalue weighted by atomic mass is 35.5. The second-order valence-corrected chi connectivity index (χ2v) is 2.56. The minimum atomic E-state index is 0. The normalized spacial score (nSPS) is 7.27. The molecular weight excluding hydrogens is 208 g/mol. The Labute approximate surface area is 97.0 Å². The fraction of sp³-hybridized carbons (Fsp3) is 0. The molecule has 2 rings (SSSR count). The molecular formula is C12H9ClN2. The molecule has 0 saturated carbocycles. The van der Waals surface area contributed by atoms with E-state index in [-0.39, 0.29) is 14.9 Å². The minimum Gasteiger partial charge on any atom is -0.265 e. The Morgan fingerprint density at radius 1 is 0.800 bits per heavy atom. The molecule has 0 spiro atoms. The van der Waals surface area contributed by atoms with Gasteiger partial charge in [-0.15, -0.1) is 0 Å². The molecule has 3 heteroatoms. The number of hydrogen-bond donors (Lipinski definition) is 0. The minimum absolute atomic E-state index is 0. The van der Waals surface area contributed by atoms with Crippen LogP contribution in [0.3, 0.4) is 0 Å². The molecule has 2 aromatic rings. The monoisotopic (exact) mass is 216 g/mol. The third-order valence-corrected chi connectivity index (χ3v) is 1.42. The Morgan fingerprint density at radius 3 is 1.60 bits per heavy atom. The van der Waals surface area contributed by atoms with Gasteiger partial charge in [0.25, 0.3) is 0 Å². The summed E-state index contributed by atoms with van der Waals surface area (Å²) >= 11 is 5.43. The summed E-state index contributed by atoms with van der Waals surface area (Å²) < 4.78 is 0. The highest BCUT2D eigenvalue weighted by Gasteiger charge is 1.76. The highest BCUT2D eigenvalue weighted by Crippen LogP contribution is 1.98. The predicted molar refractivity (Wildman–Crippen MR) is 60.0 cm³/mol. The van der Waals surface area contributed by atoms with Crippen molar-refractivity contribution >= 4 is 11.6 Å². The lowest BCUT2D eigenvalue weighted by atomic mass is 10.5. The standard InChI is InChI=1S/C5H4ClN.C5H5N.2C/c6-5-3-1-2-4-7-5;1-2-4-6-5-3-1;;/h1-4H;1-5H;;. The fourth-order valence-electron chi connectivity index (χ4n) is 0.655. The van der Waals surface area contributed by atoms with E-state index in [4.69, 9.17) is 11.6 Å². The molecule has 0 fully saturated rings. The van der Waals surface area contributed by atoms with Crippen molar-refractivity contribution in [3.63, 3.8) is 0 Å². The zero-order valence-corrected chi connectivity index (χ0v) is 8.72. The maximum absolute atomic E-state index is 5.43. The van der Waals surface area contributed by atoms with Crippen molar-refractivity contribution in [1.82, 2.24) is 9.97 Å². The van der Waals surface area contributed by atoms with Crippen LogP contribution >= 0.6 is 11.6 Å². The number of rotatable bonds is 0. The van der Waals surface area contributed by atoms with Crippen molar-refractivity contribution in [3.05, 3.63) is 75.0 Å². The average Bonchev–Trinajstić information content (AvgIpc) is 2.22. The van der Waals surface area contributed by atoms with E-state index in [1.807, 2.05) is 30.3 Å². The van der Waals surface area contributed by atoms with Crippen LogP contribution in [0.25, 0.3) is 0 Å². The van der Waals surface area contributed by atoms with Crippen LogP contribution in [0.1, 0.15) is 0 Å². The van der Waals surface area contributed by atoms with Crippen LogP contribution in [0.5, 0.6) is 0 Å². The van der Waals surface area contributed by atoms with E-state index < -0.39 is 0 Å². The molecule has 0 saturated heterocycles. The molecule has 0 aliphatic rings. The molecule has 0 unspecified atom stereocenters. The van der Waals surface area contributed by atoms with Gasteiger partial charge in [-0.2, -0.15) is 0 Å². The number of hydrogen-bond acceptors (Lipinski definition) is 2. The Bertz CT molecular complexity index is 284. The third-order valence-electron chi connectivity index (χ3n) is 1.20. The molecule has 0 aliphatic carbocycles. The van der Waals surface area contributed by atoms with Crippen LogP contribution in [0.4, 0.5) is 0 Å². The first-order chi connectivity index (χ1) is 6.39. The second-order valence-electron chi connectivity index (χ2n) is 2.18. The van der Waals surface area contributed by atoms with E-state index >= 15 is 0 Å². The fourth-order valence-corrected chi connectivity index (χ4v) is 0.784. The summed E-state index contributed by atoms with van der Waals surface area (Å²) in [7, 11) is 0. The molecule has 2 aromatic heterocycles. The average molecular weight is 217 g/mol. The van der Waals surface area contributed by atoms with E-state index in [0.717, 1.165) is 0 Å². The van der Waals surface area contributed by atoms with Gasteiger partial charge in [0.2, 0.25) is 0 Å². The topological polar surface area (TPSA) is 25.8 Å². The maximum atomic E-state index is 5.43. The van der Waals surface area contributed by atoms with Gasteiger partial charge in [-0.1, -0.05) is 23.7 Å². The van der Waals surface area contributed by atoms with Gasteiger partial charge in [0.15, 0.2) is 0 Å². The largest absolute Gasteiger partial charge is 0.265 e. The molecule has 2 heterocycles. The van der Waals surface area contributed by atoms with Gasteiger partial charge < -0.3 is 0 Å². The number of halogens is 1. The van der Waals surface area contributed by atoms with Crippen molar-refractivity contribution < 1.29 is 0 Å². The summed E-state index contributed by atoms with van der Waals surface area (Å²) in [5, 5.41) is 0.544. The van der Waals surface area contributed by atoms with Gasteiger partial charge in [0.05, 0.1) is 0 Å². The van der Waals surface area contributed by atoms with Crippen LogP contribution in [0, 0.1) is 14.9 Å². The number of aromatic nitrogens is 2. The maximum Gasteiger partial charge on any atom is 0.129 e. The van der Waals surface area contributed by atoms with Crippen molar-refractivity contribution in [2.45, 2.75) is 0 Å². The van der Waals surface area contributed by atoms with Gasteiger partial charge in [-0.05, 0) is 24.3 Å². The second kappa shape index (κ2) is 10.7. The Morgan fingerprint density at radius 2 is 1.40 bits per heavy atom. The van der Waals surface area contributed by atoms with Crippen molar-refractivity contribution in [2.24, 2.45) is 0 Å². The first-order valence-electron chi connectivity index (χ1n) is 3.81. The SMILES string of the molecule is Clc1ccccn1.[C].[C].c1ccncc1. The quantitative estimate of drug-likeness (QED) is 0.633. The van der Waals surface area contributed by atoms with E-state index in [1.54, 1.807) is 24.7 Å². The summed E-state index contributed by atoms with van der Waals surface area (Å²) in [4.78, 5) is 7.53. The lowest BCUT2D eigenvalue weighted by Crippen LogP contribution is -1.65. The summed E-state index contributed by atoms with van der Waals surface area (Å²) in [6.45, 7) is 0. The summed E-state index contributed by atoms with van der Waals surface area (Å²) in [6.07, 6.45) is 5.16. The van der Waals surface area contributed by atoms with Gasteiger partial charge in [0.1, 0.15) is 5.15 Å². The van der Waals surface area contributed by atoms with Gasteiger partial charge in [-0.25, -0.2) is 4.98 Å². The smallest absolute Gasteiger partial charge is 0.129 e. The van der Waals surface area contributed by atoms with Gasteiger partial charge in [-0.3, -0.25) is 4.98 Å². The number of nitrogens with zero attached hydrogens (tertiary/aromatic N) is 2. The lowest BCUT2D eigenvalue weighted by molar-refractivity contribution is 1.33. The van der Waals surface area contributed by atoms with Gasteiger partial charge >= 0.3 is 0 Å². The molecule has 0 amide bonds. The molecule has 8 radical (unpaired) electrons.